The third-order valence-corrected chi connectivity index (χ3v) is 5.67. The fraction of sp³-hybridized carbons (Fsp3) is 0.400. The van der Waals surface area contributed by atoms with Crippen LogP contribution >= 0.6 is 11.6 Å². The molecule has 11 heteroatoms. The molecule has 9 nitrogen and oxygen atoms in total. The fourth-order valence-electron chi connectivity index (χ4n) is 3.84. The number of H-pyrrole nitrogens is 1. The van der Waals surface area contributed by atoms with Crippen LogP contribution in [0.1, 0.15) is 5.56 Å². The molecule has 2 saturated heterocycles. The van der Waals surface area contributed by atoms with E-state index in [0.717, 1.165) is 0 Å². The van der Waals surface area contributed by atoms with Crippen LogP contribution in [0.25, 0.3) is 11.2 Å². The zero-order valence-electron chi connectivity index (χ0n) is 16.5. The molecule has 0 radical (unpaired) electrons. The van der Waals surface area contributed by atoms with E-state index in [1.807, 2.05) is 0 Å². The molecule has 31 heavy (non-hydrogen) atoms. The largest absolute Gasteiger partial charge is 0.496 e. The van der Waals surface area contributed by atoms with Gasteiger partial charge in [0.1, 0.15) is 35.7 Å². The first-order valence-corrected chi connectivity index (χ1v) is 10.1. The Hall–Kier alpha value is -2.66. The topological polar surface area (TPSA) is 111 Å². The average Bonchev–Trinajstić information content (AvgIpc) is 3.44. The lowest BCUT2D eigenvalue weighted by atomic mass is 10.1. The summed E-state index contributed by atoms with van der Waals surface area (Å²) in [5.41, 5.74) is 1.32. The summed E-state index contributed by atoms with van der Waals surface area (Å²) in [5.74, 6) is 0.386. The Kier molecular flexibility index (Phi) is 5.30. The summed E-state index contributed by atoms with van der Waals surface area (Å²) in [6.07, 6.45) is -1.80. The fourth-order valence-corrected chi connectivity index (χ4v) is 4.06. The number of methoxy groups -OCH3 is 1. The van der Waals surface area contributed by atoms with E-state index in [1.54, 1.807) is 18.2 Å². The third kappa shape index (κ3) is 3.76. The minimum Gasteiger partial charge on any atom is -0.496 e. The Morgan fingerprint density at radius 3 is 2.97 bits per heavy atom. The lowest BCUT2D eigenvalue weighted by Gasteiger charge is -2.15. The Morgan fingerprint density at radius 2 is 2.13 bits per heavy atom. The molecule has 2 aliphatic heterocycles. The first-order chi connectivity index (χ1) is 15.0. The minimum atomic E-state index is -0.656. The zero-order chi connectivity index (χ0) is 21.5. The molecule has 4 atom stereocenters. The zero-order valence-corrected chi connectivity index (χ0v) is 17.2. The number of hydrogen-bond acceptors (Lipinski definition) is 8. The van der Waals surface area contributed by atoms with E-state index in [2.05, 4.69) is 20.3 Å². The van der Waals surface area contributed by atoms with Crippen molar-refractivity contribution in [3.05, 3.63) is 40.7 Å². The molecule has 0 amide bonds. The summed E-state index contributed by atoms with van der Waals surface area (Å²) >= 11 is 6.35. The van der Waals surface area contributed by atoms with Crippen LogP contribution in [0.4, 0.5) is 10.2 Å². The summed E-state index contributed by atoms with van der Waals surface area (Å²) in [6.45, 7) is 0.632. The SMILES string of the molecule is COc1cccc(F)c1CNc1nc2nc(O[C@@H]3COC4C3OC[C@H]4O)[nH]c2cc1Cl. The van der Waals surface area contributed by atoms with Gasteiger partial charge in [0.2, 0.25) is 0 Å². The van der Waals surface area contributed by atoms with Crippen LogP contribution in [0.3, 0.4) is 0 Å². The van der Waals surface area contributed by atoms with Gasteiger partial charge in [0, 0.05) is 12.1 Å². The standard InChI is InChI=1S/C20H20ClFN4O5/c1-28-14-4-2-3-11(22)9(14)6-23-18-10(21)5-12-19(25-18)26-20(24-12)31-15-8-30-16-13(27)7-29-17(15)16/h2-5,13,15-17,27H,6-8H2,1H3,(H2,23,24,25,26)/t13-,15-,16?,17?/m1/s1. The van der Waals surface area contributed by atoms with Crippen LogP contribution in [0.2, 0.25) is 5.02 Å². The smallest absolute Gasteiger partial charge is 0.296 e. The number of rotatable bonds is 6. The third-order valence-electron chi connectivity index (χ3n) is 5.38. The second kappa shape index (κ2) is 8.12. The molecule has 2 fully saturated rings. The summed E-state index contributed by atoms with van der Waals surface area (Å²) in [6, 6.07) is 6.52. The van der Waals surface area contributed by atoms with Crippen molar-refractivity contribution < 1.29 is 28.4 Å². The second-order valence-corrected chi connectivity index (χ2v) is 7.73. The van der Waals surface area contributed by atoms with E-state index >= 15 is 0 Å². The van der Waals surface area contributed by atoms with Gasteiger partial charge in [0.25, 0.3) is 6.01 Å². The van der Waals surface area contributed by atoms with E-state index in [9.17, 15) is 9.50 Å². The van der Waals surface area contributed by atoms with Crippen LogP contribution in [-0.4, -0.2) is 64.8 Å². The first-order valence-electron chi connectivity index (χ1n) is 9.73. The van der Waals surface area contributed by atoms with Gasteiger partial charge in [-0.1, -0.05) is 17.7 Å². The van der Waals surface area contributed by atoms with Crippen molar-refractivity contribution in [2.45, 2.75) is 31.0 Å². The predicted molar refractivity (Wildman–Crippen MR) is 109 cm³/mol. The monoisotopic (exact) mass is 450 g/mol. The normalized spacial score (nSPS) is 25.0. The summed E-state index contributed by atoms with van der Waals surface area (Å²) in [4.78, 5) is 11.8. The number of ether oxygens (including phenoxy) is 4. The van der Waals surface area contributed by atoms with Crippen molar-refractivity contribution in [3.8, 4) is 11.8 Å². The van der Waals surface area contributed by atoms with E-state index in [1.165, 1.54) is 13.2 Å². The molecular formula is C20H20ClFN4O5. The van der Waals surface area contributed by atoms with Gasteiger partial charge >= 0.3 is 0 Å². The number of aliphatic hydroxyl groups is 1. The van der Waals surface area contributed by atoms with E-state index < -0.39 is 24.1 Å². The number of aromatic amines is 1. The number of anilines is 1. The summed E-state index contributed by atoms with van der Waals surface area (Å²) < 4.78 is 36.4. The summed E-state index contributed by atoms with van der Waals surface area (Å²) in [7, 11) is 1.48. The maximum atomic E-state index is 14.2. The number of nitrogens with zero attached hydrogens (tertiary/aromatic N) is 2. The Balaban J connectivity index is 1.33. The molecule has 2 aromatic heterocycles. The van der Waals surface area contributed by atoms with Crippen molar-refractivity contribution in [2.75, 3.05) is 25.6 Å². The van der Waals surface area contributed by atoms with Crippen molar-refractivity contribution in [1.29, 1.82) is 0 Å². The van der Waals surface area contributed by atoms with Crippen molar-refractivity contribution in [1.82, 2.24) is 15.0 Å². The molecule has 1 aromatic carbocycles. The number of halogens is 2. The Bertz CT molecular complexity index is 1110. The molecule has 2 unspecified atom stereocenters. The molecule has 3 aromatic rings. The molecule has 0 bridgehead atoms. The highest BCUT2D eigenvalue weighted by Crippen LogP contribution is 2.31. The predicted octanol–water partition coefficient (Wildman–Crippen LogP) is 2.28. The van der Waals surface area contributed by atoms with Crippen molar-refractivity contribution in [2.24, 2.45) is 0 Å². The lowest BCUT2D eigenvalue weighted by Crippen LogP contribution is -2.34. The molecule has 3 N–H and O–H groups in total. The maximum Gasteiger partial charge on any atom is 0.296 e. The van der Waals surface area contributed by atoms with Gasteiger partial charge in [0.15, 0.2) is 11.8 Å². The minimum absolute atomic E-state index is 0.129. The van der Waals surface area contributed by atoms with Gasteiger partial charge in [-0.15, -0.1) is 0 Å². The van der Waals surface area contributed by atoms with Gasteiger partial charge in [-0.05, 0) is 18.2 Å². The molecule has 0 spiro atoms. The molecule has 5 rings (SSSR count). The Labute approximate surface area is 181 Å². The summed E-state index contributed by atoms with van der Waals surface area (Å²) in [5, 5.41) is 13.2. The van der Waals surface area contributed by atoms with Crippen LogP contribution in [0.5, 0.6) is 11.8 Å². The first kappa shape index (κ1) is 20.3. The quantitative estimate of drug-likeness (QED) is 0.524. The molecule has 2 aliphatic rings. The highest BCUT2D eigenvalue weighted by atomic mass is 35.5. The molecule has 0 aliphatic carbocycles. The second-order valence-electron chi connectivity index (χ2n) is 7.33. The van der Waals surface area contributed by atoms with E-state index in [0.29, 0.717) is 33.3 Å². The number of aromatic nitrogens is 3. The van der Waals surface area contributed by atoms with Gasteiger partial charge in [-0.25, -0.2) is 9.37 Å². The highest BCUT2D eigenvalue weighted by molar-refractivity contribution is 6.33. The van der Waals surface area contributed by atoms with Crippen molar-refractivity contribution >= 4 is 28.6 Å². The molecular weight excluding hydrogens is 431 g/mol. The van der Waals surface area contributed by atoms with Gasteiger partial charge < -0.3 is 34.4 Å². The van der Waals surface area contributed by atoms with E-state index in [-0.39, 0.29) is 31.9 Å². The van der Waals surface area contributed by atoms with E-state index in [4.69, 9.17) is 30.5 Å². The molecule has 0 saturated carbocycles. The van der Waals surface area contributed by atoms with Gasteiger partial charge in [-0.3, -0.25) is 0 Å². The number of aliphatic hydroxyl groups excluding tert-OH is 1. The number of hydrogen-bond donors (Lipinski definition) is 3. The van der Waals surface area contributed by atoms with Gasteiger partial charge in [0.05, 0.1) is 30.9 Å². The maximum absolute atomic E-state index is 14.2. The number of fused-ring (bicyclic) bond motifs is 2. The van der Waals surface area contributed by atoms with Crippen LogP contribution < -0.4 is 14.8 Å². The number of nitrogens with one attached hydrogen (secondary N) is 2. The van der Waals surface area contributed by atoms with Crippen LogP contribution in [0, 0.1) is 5.82 Å². The number of imidazole rings is 1. The molecule has 4 heterocycles. The average molecular weight is 451 g/mol. The van der Waals surface area contributed by atoms with Crippen LogP contribution in [-0.2, 0) is 16.0 Å². The number of pyridine rings is 1. The van der Waals surface area contributed by atoms with Crippen molar-refractivity contribution in [3.63, 3.8) is 0 Å². The number of benzene rings is 1. The molecule has 164 valence electrons. The van der Waals surface area contributed by atoms with Gasteiger partial charge in [-0.2, -0.15) is 4.98 Å². The highest BCUT2D eigenvalue weighted by Gasteiger charge is 2.48. The van der Waals surface area contributed by atoms with Crippen LogP contribution in [0.15, 0.2) is 24.3 Å². The lowest BCUT2D eigenvalue weighted by molar-refractivity contribution is 0.00706. The Morgan fingerprint density at radius 1 is 1.29 bits per heavy atom.